The van der Waals surface area contributed by atoms with E-state index in [4.69, 9.17) is 55.7 Å². The lowest BCUT2D eigenvalue weighted by Gasteiger charge is -2.47. The molecule has 9 aliphatic rings. The Labute approximate surface area is 473 Å². The Balaban J connectivity index is 1.03. The molecule has 0 amide bonds. The summed E-state index contributed by atoms with van der Waals surface area (Å²) < 4.78 is 108. The van der Waals surface area contributed by atoms with E-state index in [1.807, 2.05) is 6.07 Å². The molecular weight excluding hydrogens is 1060 g/mol. The molecule has 16 nitrogen and oxygen atoms in total. The predicted octanol–water partition coefficient (Wildman–Crippen LogP) is 10.3. The number of Topliss-reactive ketones (excluding diaryl/α,β-unsaturated/α-hetero) is 1. The molecule has 0 aliphatic carbocycles. The summed E-state index contributed by atoms with van der Waals surface area (Å²) in [4.78, 5) is 28.7. The Bertz CT molecular complexity index is 2460. The summed E-state index contributed by atoms with van der Waals surface area (Å²) in [7, 11) is -6.76. The minimum Gasteiger partial charge on any atom is -0.458 e. The van der Waals surface area contributed by atoms with Crippen molar-refractivity contribution < 1.29 is 73.7 Å². The van der Waals surface area contributed by atoms with Crippen LogP contribution in [0.15, 0.2) is 54.6 Å². The number of carbonyl (C=O) groups excluding carboxylic acids is 2. The highest BCUT2D eigenvalue weighted by Gasteiger charge is 2.69. The second-order valence-corrected chi connectivity index (χ2v) is 38.7. The van der Waals surface area contributed by atoms with E-state index in [1.54, 1.807) is 31.4 Å². The van der Waals surface area contributed by atoms with Gasteiger partial charge in [0.2, 0.25) is 0 Å². The van der Waals surface area contributed by atoms with Crippen molar-refractivity contribution in [3.63, 3.8) is 0 Å². The van der Waals surface area contributed by atoms with Crippen molar-refractivity contribution in [3.8, 4) is 0 Å². The van der Waals surface area contributed by atoms with Gasteiger partial charge in [-0.15, -0.1) is 0 Å². The van der Waals surface area contributed by atoms with Crippen molar-refractivity contribution in [2.45, 2.75) is 272 Å². The van der Waals surface area contributed by atoms with Gasteiger partial charge in [0.1, 0.15) is 42.4 Å². The van der Waals surface area contributed by atoms with E-state index in [2.05, 4.69) is 87.8 Å². The van der Waals surface area contributed by atoms with Crippen LogP contribution < -0.4 is 0 Å². The third-order valence-electron chi connectivity index (χ3n) is 19.6. The highest BCUT2D eigenvalue weighted by molar-refractivity contribution is 7.86. The molecule has 9 fully saturated rings. The van der Waals surface area contributed by atoms with Gasteiger partial charge < -0.3 is 51.5 Å². The highest BCUT2D eigenvalue weighted by atomic mass is 32.2. The average Bonchev–Trinajstić information content (AvgIpc) is 4.12. The Morgan fingerprint density at radius 3 is 2.13 bits per heavy atom. The van der Waals surface area contributed by atoms with Crippen LogP contribution in [0.5, 0.6) is 0 Å². The van der Waals surface area contributed by atoms with Crippen molar-refractivity contribution in [2.24, 2.45) is 11.8 Å². The molecule has 19 atom stereocenters. The quantitative estimate of drug-likeness (QED) is 0.0834. The van der Waals surface area contributed by atoms with Gasteiger partial charge in [-0.2, -0.15) is 8.42 Å². The van der Waals surface area contributed by atoms with Gasteiger partial charge >= 0.3 is 5.97 Å². The van der Waals surface area contributed by atoms with Gasteiger partial charge in [0.05, 0.1) is 79.5 Å². The Morgan fingerprint density at radius 1 is 0.772 bits per heavy atom. The van der Waals surface area contributed by atoms with Gasteiger partial charge in [-0.3, -0.25) is 8.98 Å². The monoisotopic (exact) mass is 1160 g/mol. The number of hydrogen-bond donors (Lipinski definition) is 0. The number of carbonyl (C=O) groups is 2. The number of ether oxygens (including phenoxy) is 9. The first-order valence-corrected chi connectivity index (χ1v) is 37.0. The fourth-order valence-electron chi connectivity index (χ4n) is 13.1. The van der Waals surface area contributed by atoms with Gasteiger partial charge in [-0.05, 0) is 104 Å². The smallest absolute Gasteiger partial charge is 0.338 e. The standard InChI is InChI=1S/C60H94O16SSi2/c1-35-27-40-21-23-45(75-77(11,63)64)36(2)28-42(69-57(62)38-19-17-16-18-20-38)25-26-60-33-50-53(73-60)54-55(72-50)56(74-60)52-46(71-54)24-22-41(68-52)29-39(61)30-44-48(32-47(67-40)37(35)3)70-49(51(44)65-10)31-43(76-79(14,15)59(7,8)9)34-66-78(12,13)58(4,5)6/h16-20,35,40-56H,2-3,21-34H2,1,4-15H3/t35-,40+,41-,42+,43+,44+,45-,46+,47-,48?,49?,50?,51-,52+,53+,54+,55-,56+,60+/m1/s1. The zero-order valence-corrected chi connectivity index (χ0v) is 52.3. The molecule has 1 spiro atoms. The van der Waals surface area contributed by atoms with E-state index in [0.717, 1.165) is 11.8 Å². The number of rotatable bonds is 12. The van der Waals surface area contributed by atoms with Crippen LogP contribution in [0.3, 0.4) is 0 Å². The van der Waals surface area contributed by atoms with Crippen LogP contribution in [0.2, 0.25) is 36.3 Å². The molecular formula is C60H94O16SSi2. The molecule has 3 unspecified atom stereocenters. The third kappa shape index (κ3) is 13.8. The number of fused-ring (bicyclic) bond motifs is 4. The van der Waals surface area contributed by atoms with E-state index in [9.17, 15) is 18.0 Å². The van der Waals surface area contributed by atoms with E-state index in [0.29, 0.717) is 75.5 Å². The second-order valence-electron chi connectivity index (χ2n) is 27.5. The molecule has 0 N–H and O–H groups in total. The molecule has 9 saturated heterocycles. The Morgan fingerprint density at radius 2 is 1.44 bits per heavy atom. The molecule has 9 aliphatic heterocycles. The van der Waals surface area contributed by atoms with Gasteiger partial charge in [0.15, 0.2) is 22.4 Å². The van der Waals surface area contributed by atoms with Crippen LogP contribution in [0.1, 0.15) is 142 Å². The first-order chi connectivity index (χ1) is 36.9. The Kier molecular flexibility index (Phi) is 18.4. The minimum atomic E-state index is -3.97. The molecule has 79 heavy (non-hydrogen) atoms. The average molecular weight is 1160 g/mol. The van der Waals surface area contributed by atoms with Gasteiger partial charge in [0, 0.05) is 58.0 Å². The van der Waals surface area contributed by atoms with E-state index in [-0.39, 0.29) is 90.0 Å². The lowest BCUT2D eigenvalue weighted by Crippen LogP contribution is -2.61. The number of ketones is 1. The van der Waals surface area contributed by atoms with Crippen molar-refractivity contribution in [1.82, 2.24) is 0 Å². The lowest BCUT2D eigenvalue weighted by atomic mass is 9.81. The molecule has 444 valence electrons. The maximum atomic E-state index is 14.9. The van der Waals surface area contributed by atoms with Crippen molar-refractivity contribution in [2.75, 3.05) is 20.0 Å². The number of benzene rings is 1. The summed E-state index contributed by atoms with van der Waals surface area (Å²) in [6.07, 6.45) is -0.958. The fraction of sp³-hybridized carbons (Fsp3) is 0.800. The van der Waals surface area contributed by atoms with Gasteiger partial charge in [-0.25, -0.2) is 4.79 Å². The van der Waals surface area contributed by atoms with E-state index >= 15 is 0 Å². The summed E-state index contributed by atoms with van der Waals surface area (Å²) in [6.45, 7) is 34.1. The normalized spacial score (nSPS) is 39.2. The summed E-state index contributed by atoms with van der Waals surface area (Å²) >= 11 is 0. The van der Waals surface area contributed by atoms with Crippen molar-refractivity contribution in [1.29, 1.82) is 0 Å². The molecule has 10 bridgehead atoms. The van der Waals surface area contributed by atoms with Crippen molar-refractivity contribution >= 4 is 38.5 Å². The minimum absolute atomic E-state index is 0.00416. The molecule has 9 heterocycles. The molecule has 0 saturated carbocycles. The second kappa shape index (κ2) is 23.7. The zero-order chi connectivity index (χ0) is 57.2. The maximum absolute atomic E-state index is 14.9. The molecule has 1 aromatic rings. The van der Waals surface area contributed by atoms with Crippen LogP contribution >= 0.6 is 0 Å². The Hall–Kier alpha value is -2.22. The fourth-order valence-corrected chi connectivity index (χ4v) is 16.2. The predicted molar refractivity (Wildman–Crippen MR) is 303 cm³/mol. The molecule has 0 radical (unpaired) electrons. The van der Waals surface area contributed by atoms with Crippen LogP contribution in [-0.4, -0.2) is 160 Å². The molecule has 0 aromatic heterocycles. The summed E-state index contributed by atoms with van der Waals surface area (Å²) in [6, 6.07) is 8.78. The summed E-state index contributed by atoms with van der Waals surface area (Å²) in [5, 5.41) is -0.0604. The zero-order valence-electron chi connectivity index (χ0n) is 49.5. The SMILES string of the molecule is C=C1C[C@@H](OC(=O)c2ccccc2)CC[C@@]23CC4O[C@H]5[C@@H](O2)[C@H]2O[C@H](CC[C@@H]2O[C@H]5[C@H]4O3)CC(=O)C[C@H]2C(C[C@H]3O[C@@H](CC[C@H]1OS(C)(=O)=O)C[C@@H](C)C3=C)OC(C[C@@H](CO[Si](C)(C)C(C)(C)C)O[Si](C)(C)C(C)(C)C)[C@@H]2OC. The number of methoxy groups -OCH3 is 1. The lowest BCUT2D eigenvalue weighted by molar-refractivity contribution is -0.292. The first kappa shape index (κ1) is 61.3. The van der Waals surface area contributed by atoms with Crippen LogP contribution in [0.25, 0.3) is 0 Å². The third-order valence-corrected chi connectivity index (χ3v) is 29.2. The van der Waals surface area contributed by atoms with Crippen LogP contribution in [-0.2, 0) is 70.6 Å². The van der Waals surface area contributed by atoms with E-state index in [1.165, 1.54) is 0 Å². The van der Waals surface area contributed by atoms with Crippen molar-refractivity contribution in [3.05, 3.63) is 60.2 Å². The first-order valence-electron chi connectivity index (χ1n) is 29.4. The maximum Gasteiger partial charge on any atom is 0.338 e. The largest absolute Gasteiger partial charge is 0.458 e. The van der Waals surface area contributed by atoms with Crippen LogP contribution in [0.4, 0.5) is 0 Å². The number of esters is 1. The summed E-state index contributed by atoms with van der Waals surface area (Å²) in [5.41, 5.74) is 1.79. The topological polar surface area (TPSA) is 179 Å². The van der Waals surface area contributed by atoms with Gasteiger partial charge in [-0.1, -0.05) is 79.8 Å². The molecule has 10 rings (SSSR count). The molecule has 19 heteroatoms. The van der Waals surface area contributed by atoms with Gasteiger partial charge in [0.25, 0.3) is 10.1 Å². The van der Waals surface area contributed by atoms with E-state index < -0.39 is 99.5 Å². The van der Waals surface area contributed by atoms with Crippen LogP contribution in [0, 0.1) is 11.8 Å². The number of hydrogen-bond acceptors (Lipinski definition) is 16. The summed E-state index contributed by atoms with van der Waals surface area (Å²) in [5.74, 6) is -1.85. The molecule has 1 aromatic carbocycles. The highest BCUT2D eigenvalue weighted by Crippen LogP contribution is 2.54.